The predicted molar refractivity (Wildman–Crippen MR) is 51.1 cm³/mol. The molecule has 1 rings (SSSR count). The van der Waals surface area contributed by atoms with Gasteiger partial charge in [0.25, 0.3) is 5.91 Å². The number of nitrogens with zero attached hydrogens (tertiary/aromatic N) is 2. The van der Waals surface area contributed by atoms with Crippen molar-refractivity contribution in [3.8, 4) is 0 Å². The highest BCUT2D eigenvalue weighted by molar-refractivity contribution is 6.02. The van der Waals surface area contributed by atoms with Gasteiger partial charge in [-0.2, -0.15) is 0 Å². The van der Waals surface area contributed by atoms with Gasteiger partial charge in [0.2, 0.25) is 0 Å². The fourth-order valence-corrected chi connectivity index (χ4v) is 0.950. The maximum Gasteiger partial charge on any atom is 0.259 e. The molecule has 0 aliphatic heterocycles. The number of carbonyl (C=O) groups is 1. The molecule has 1 heterocycles. The van der Waals surface area contributed by atoms with Crippen molar-refractivity contribution in [2.24, 2.45) is 0 Å². The van der Waals surface area contributed by atoms with Crippen molar-refractivity contribution in [3.05, 3.63) is 17.8 Å². The molecule has 5 nitrogen and oxygen atoms in total. The first kappa shape index (κ1) is 9.31. The van der Waals surface area contributed by atoms with E-state index in [0.717, 1.165) is 0 Å². The molecule has 13 heavy (non-hydrogen) atoms. The third-order valence-electron chi connectivity index (χ3n) is 1.63. The Hall–Kier alpha value is -1.78. The lowest BCUT2D eigenvalue weighted by molar-refractivity contribution is 0.0829. The molecular weight excluding hydrogens is 168 g/mol. The average molecular weight is 180 g/mol. The predicted octanol–water partition coefficient (Wildman–Crippen LogP) is -0.0522. The summed E-state index contributed by atoms with van der Waals surface area (Å²) in [7, 11) is 3.27. The zero-order valence-electron chi connectivity index (χ0n) is 7.61. The van der Waals surface area contributed by atoms with Gasteiger partial charge in [0.15, 0.2) is 0 Å². The second-order valence-electron chi connectivity index (χ2n) is 2.86. The molecule has 0 aliphatic rings. The van der Waals surface area contributed by atoms with E-state index in [1.54, 1.807) is 20.2 Å². The van der Waals surface area contributed by atoms with E-state index >= 15 is 0 Å². The van der Waals surface area contributed by atoms with Crippen molar-refractivity contribution in [1.82, 2.24) is 9.88 Å². The number of amides is 1. The molecule has 0 spiro atoms. The second kappa shape index (κ2) is 3.30. The van der Waals surface area contributed by atoms with E-state index in [1.807, 2.05) is 0 Å². The molecule has 0 fully saturated rings. The van der Waals surface area contributed by atoms with Gasteiger partial charge in [-0.25, -0.2) is 4.98 Å². The van der Waals surface area contributed by atoms with Crippen molar-refractivity contribution in [2.45, 2.75) is 0 Å². The zero-order valence-corrected chi connectivity index (χ0v) is 7.61. The van der Waals surface area contributed by atoms with Gasteiger partial charge in [-0.15, -0.1) is 0 Å². The maximum absolute atomic E-state index is 11.5. The summed E-state index contributed by atoms with van der Waals surface area (Å²) in [4.78, 5) is 16.7. The topological polar surface area (TPSA) is 85.2 Å². The Balaban J connectivity index is 3.20. The Morgan fingerprint density at radius 1 is 1.46 bits per heavy atom. The number of anilines is 2. The van der Waals surface area contributed by atoms with Gasteiger partial charge in [0.05, 0.1) is 0 Å². The highest BCUT2D eigenvalue weighted by Gasteiger charge is 2.15. The lowest BCUT2D eigenvalue weighted by Crippen LogP contribution is -2.24. The number of hydrogen-bond donors (Lipinski definition) is 2. The van der Waals surface area contributed by atoms with Crippen LogP contribution >= 0.6 is 0 Å². The lowest BCUT2D eigenvalue weighted by atomic mass is 10.2. The van der Waals surface area contributed by atoms with Crippen molar-refractivity contribution in [3.63, 3.8) is 0 Å². The summed E-state index contributed by atoms with van der Waals surface area (Å²) < 4.78 is 0. The average Bonchev–Trinajstić information content (AvgIpc) is 2.03. The van der Waals surface area contributed by atoms with E-state index < -0.39 is 0 Å². The highest BCUT2D eigenvalue weighted by Crippen LogP contribution is 2.17. The van der Waals surface area contributed by atoms with Crippen LogP contribution in [0.25, 0.3) is 0 Å². The Kier molecular flexibility index (Phi) is 2.36. The summed E-state index contributed by atoms with van der Waals surface area (Å²) in [5.74, 6) is -0.0678. The minimum Gasteiger partial charge on any atom is -0.398 e. The molecule has 0 radical (unpaired) electrons. The van der Waals surface area contributed by atoms with Gasteiger partial charge in [0, 0.05) is 26.0 Å². The van der Waals surface area contributed by atoms with Crippen LogP contribution in [-0.4, -0.2) is 29.9 Å². The van der Waals surface area contributed by atoms with Gasteiger partial charge in [-0.1, -0.05) is 0 Å². The molecule has 5 heteroatoms. The number of hydrogen-bond acceptors (Lipinski definition) is 4. The van der Waals surface area contributed by atoms with Crippen LogP contribution in [0.3, 0.4) is 0 Å². The molecule has 0 bridgehead atoms. The number of pyridine rings is 1. The molecule has 0 saturated heterocycles. The number of aromatic nitrogens is 1. The standard InChI is InChI=1S/C8H12N4O/c1-12(2)8(13)6-5(9)3-4-11-7(6)10/h3-4H,1-2H3,(H4,9,10,11). The SMILES string of the molecule is CN(C)C(=O)c1c(N)ccnc1N. The molecule has 1 aromatic rings. The normalized spacial score (nSPS) is 9.69. The second-order valence-corrected chi connectivity index (χ2v) is 2.86. The summed E-state index contributed by atoms with van der Waals surface area (Å²) >= 11 is 0. The molecule has 0 saturated carbocycles. The molecule has 4 N–H and O–H groups in total. The number of nitrogens with two attached hydrogens (primary N) is 2. The van der Waals surface area contributed by atoms with Crippen LogP contribution in [0, 0.1) is 0 Å². The molecule has 1 aromatic heterocycles. The van der Waals surface area contributed by atoms with Crippen LogP contribution in [0.15, 0.2) is 12.3 Å². The summed E-state index contributed by atoms with van der Waals surface area (Å²) in [6, 6.07) is 1.55. The third-order valence-corrected chi connectivity index (χ3v) is 1.63. The molecule has 0 aromatic carbocycles. The zero-order chi connectivity index (χ0) is 10.0. The summed E-state index contributed by atoms with van der Waals surface area (Å²) in [5.41, 5.74) is 11.7. The van der Waals surface area contributed by atoms with E-state index in [0.29, 0.717) is 5.69 Å². The van der Waals surface area contributed by atoms with Crippen LogP contribution in [0.2, 0.25) is 0 Å². The van der Waals surface area contributed by atoms with E-state index in [9.17, 15) is 4.79 Å². The highest BCUT2D eigenvalue weighted by atomic mass is 16.2. The Morgan fingerprint density at radius 2 is 2.08 bits per heavy atom. The van der Waals surface area contributed by atoms with Gasteiger partial charge < -0.3 is 16.4 Å². The Bertz CT molecular complexity index is 315. The van der Waals surface area contributed by atoms with E-state index in [1.165, 1.54) is 11.1 Å². The van der Waals surface area contributed by atoms with Crippen LogP contribution in [0.5, 0.6) is 0 Å². The molecule has 70 valence electrons. The monoisotopic (exact) mass is 180 g/mol. The summed E-state index contributed by atoms with van der Waals surface area (Å²) in [6.07, 6.45) is 1.47. The third kappa shape index (κ3) is 1.69. The first-order valence-electron chi connectivity index (χ1n) is 3.75. The van der Waals surface area contributed by atoms with Crippen LogP contribution < -0.4 is 11.5 Å². The van der Waals surface area contributed by atoms with Gasteiger partial charge in [-0.05, 0) is 6.07 Å². The fourth-order valence-electron chi connectivity index (χ4n) is 0.950. The van der Waals surface area contributed by atoms with E-state index in [-0.39, 0.29) is 17.3 Å². The number of rotatable bonds is 1. The van der Waals surface area contributed by atoms with E-state index in [4.69, 9.17) is 11.5 Å². The minimum absolute atomic E-state index is 0.165. The van der Waals surface area contributed by atoms with Crippen LogP contribution in [-0.2, 0) is 0 Å². The van der Waals surface area contributed by atoms with Gasteiger partial charge >= 0.3 is 0 Å². The number of nitrogen functional groups attached to an aromatic ring is 2. The van der Waals surface area contributed by atoms with Crippen LogP contribution in [0.1, 0.15) is 10.4 Å². The summed E-state index contributed by atoms with van der Waals surface area (Å²) in [6.45, 7) is 0. The van der Waals surface area contributed by atoms with Gasteiger partial charge in [-0.3, -0.25) is 4.79 Å². The molecule has 1 amide bonds. The molecule has 0 aliphatic carbocycles. The molecule has 0 unspecified atom stereocenters. The van der Waals surface area contributed by atoms with Crippen LogP contribution in [0.4, 0.5) is 11.5 Å². The fraction of sp³-hybridized carbons (Fsp3) is 0.250. The van der Waals surface area contributed by atoms with Gasteiger partial charge in [0.1, 0.15) is 11.4 Å². The summed E-state index contributed by atoms with van der Waals surface area (Å²) in [5, 5.41) is 0. The Labute approximate surface area is 76.3 Å². The Morgan fingerprint density at radius 3 is 2.54 bits per heavy atom. The lowest BCUT2D eigenvalue weighted by Gasteiger charge is -2.12. The largest absolute Gasteiger partial charge is 0.398 e. The maximum atomic E-state index is 11.5. The van der Waals surface area contributed by atoms with Crippen molar-refractivity contribution < 1.29 is 4.79 Å². The minimum atomic E-state index is -0.233. The number of carbonyl (C=O) groups excluding carboxylic acids is 1. The van der Waals surface area contributed by atoms with Crippen molar-refractivity contribution >= 4 is 17.4 Å². The van der Waals surface area contributed by atoms with Crippen molar-refractivity contribution in [1.29, 1.82) is 0 Å². The quantitative estimate of drug-likeness (QED) is 0.634. The first-order valence-corrected chi connectivity index (χ1v) is 3.75. The molecular formula is C8H12N4O. The van der Waals surface area contributed by atoms with E-state index in [2.05, 4.69) is 4.98 Å². The van der Waals surface area contributed by atoms with Crippen molar-refractivity contribution in [2.75, 3.05) is 25.6 Å². The smallest absolute Gasteiger partial charge is 0.259 e. The molecule has 0 atom stereocenters. The first-order chi connectivity index (χ1) is 6.04.